The minimum Gasteiger partial charge on any atom is -0.448 e. The molecule has 0 spiro atoms. The molecule has 1 aliphatic carbocycles. The number of anilines is 1. The zero-order chi connectivity index (χ0) is 31.8. The van der Waals surface area contributed by atoms with Crippen molar-refractivity contribution in [2.45, 2.75) is 52.7 Å². The summed E-state index contributed by atoms with van der Waals surface area (Å²) in [5.74, 6) is -0.0370. The first-order chi connectivity index (χ1) is 20.7. The van der Waals surface area contributed by atoms with Crippen molar-refractivity contribution in [3.05, 3.63) is 82.4 Å². The number of benzene rings is 3. The monoisotopic (exact) mass is 647 g/mol. The van der Waals surface area contributed by atoms with Gasteiger partial charge in [-0.15, -0.1) is 5.46 Å². The average Bonchev–Trinajstić information content (AvgIpc) is 3.28. The Morgan fingerprint density at radius 1 is 0.911 bits per heavy atom. The third-order valence-electron chi connectivity index (χ3n) is 8.33. The third kappa shape index (κ3) is 8.15. The summed E-state index contributed by atoms with van der Waals surface area (Å²) in [6.07, 6.45) is -1.21. The minimum absolute atomic E-state index is 0. The van der Waals surface area contributed by atoms with Crippen molar-refractivity contribution in [3.8, 4) is 11.1 Å². The Morgan fingerprint density at radius 3 is 2.00 bits per heavy atom. The molecule has 3 aromatic rings. The predicted molar refractivity (Wildman–Crippen MR) is 166 cm³/mol. The van der Waals surface area contributed by atoms with Gasteiger partial charge in [0.15, 0.2) is 0 Å². The van der Waals surface area contributed by atoms with Gasteiger partial charge in [0, 0.05) is 44.3 Å². The summed E-state index contributed by atoms with van der Waals surface area (Å²) >= 11 is 0. The number of ether oxygens (including phenoxy) is 2. The first kappa shape index (κ1) is 35.5. The van der Waals surface area contributed by atoms with Crippen molar-refractivity contribution in [2.75, 3.05) is 38.1 Å². The molecule has 2 aliphatic rings. The molecule has 3 aromatic carbocycles. The van der Waals surface area contributed by atoms with Gasteiger partial charge < -0.3 is 27.3 Å². The molecular formula is C33H38BF3KN3O4. The number of nitrogens with zero attached hydrogens (tertiary/aromatic N) is 2. The number of halogens is 3. The van der Waals surface area contributed by atoms with Crippen molar-refractivity contribution in [3.63, 3.8) is 0 Å². The number of hydrogen-bond donors (Lipinski definition) is 1. The Kier molecular flexibility index (Phi) is 11.2. The molecule has 2 amide bonds. The topological polar surface area (TPSA) is 71.1 Å². The number of fused-ring (bicyclic) bond motifs is 3. The maximum Gasteiger partial charge on any atom is 1.00 e. The van der Waals surface area contributed by atoms with Crippen LogP contribution < -0.4 is 62.2 Å². The molecule has 1 fully saturated rings. The van der Waals surface area contributed by atoms with Gasteiger partial charge in [0.1, 0.15) is 12.2 Å². The standard InChI is InChI=1S/C33H38BF3N3O4.K/c1-21-23(18-29(34(35,36)37)22(2)30(21)38-31(41)44-33(3,4)5)19-39-14-16-40(17-15-39)32(42)43-20-28-26-12-8-6-10-24(26)25-11-7-9-13-27(25)28;/h6-13,18,28H,14-17,19-20H2,1-5H3,(H,38,41);/q-1;+1. The summed E-state index contributed by atoms with van der Waals surface area (Å²) in [6.45, 7) is 5.01. The van der Waals surface area contributed by atoms with Crippen molar-refractivity contribution >= 4 is 30.3 Å². The second-order valence-corrected chi connectivity index (χ2v) is 12.5. The van der Waals surface area contributed by atoms with Gasteiger partial charge in [0.2, 0.25) is 0 Å². The summed E-state index contributed by atoms with van der Waals surface area (Å²) in [5.41, 5.74) is 4.14. The summed E-state index contributed by atoms with van der Waals surface area (Å²) in [6, 6.07) is 17.5. The summed E-state index contributed by atoms with van der Waals surface area (Å²) in [7, 11) is 0. The van der Waals surface area contributed by atoms with Gasteiger partial charge in [-0.25, -0.2) is 9.59 Å². The minimum atomic E-state index is -5.32. The smallest absolute Gasteiger partial charge is 0.448 e. The number of nitrogens with one attached hydrogen (secondary N) is 1. The largest absolute Gasteiger partial charge is 1.00 e. The van der Waals surface area contributed by atoms with E-state index in [4.69, 9.17) is 9.47 Å². The van der Waals surface area contributed by atoms with Crippen molar-refractivity contribution < 1.29 is 83.4 Å². The first-order valence-electron chi connectivity index (χ1n) is 14.9. The first-order valence-corrected chi connectivity index (χ1v) is 14.9. The van der Waals surface area contributed by atoms with Gasteiger partial charge in [0.25, 0.3) is 0 Å². The van der Waals surface area contributed by atoms with E-state index in [1.807, 2.05) is 29.2 Å². The van der Waals surface area contributed by atoms with Crippen LogP contribution in [0.5, 0.6) is 0 Å². The van der Waals surface area contributed by atoms with Crippen molar-refractivity contribution in [1.82, 2.24) is 9.80 Å². The molecule has 0 atom stereocenters. The number of carbonyl (C=O) groups is 2. The molecule has 0 unspecified atom stereocenters. The molecule has 0 saturated carbocycles. The number of rotatable bonds is 6. The fraction of sp³-hybridized carbons (Fsp3) is 0.394. The second kappa shape index (κ2) is 14.2. The van der Waals surface area contributed by atoms with Crippen LogP contribution in [0.15, 0.2) is 54.6 Å². The van der Waals surface area contributed by atoms with Crippen LogP contribution in [0.2, 0.25) is 0 Å². The predicted octanol–water partition coefficient (Wildman–Crippen LogP) is 3.78. The van der Waals surface area contributed by atoms with Gasteiger partial charge in [-0.3, -0.25) is 10.2 Å². The number of piperazine rings is 1. The normalized spacial score (nSPS) is 15.2. The molecule has 5 rings (SSSR count). The maximum atomic E-state index is 14.1. The summed E-state index contributed by atoms with van der Waals surface area (Å²) in [4.78, 5) is 29.2. The van der Waals surface area contributed by atoms with E-state index in [1.165, 1.54) is 13.0 Å². The summed E-state index contributed by atoms with van der Waals surface area (Å²) < 4.78 is 53.3. The van der Waals surface area contributed by atoms with Gasteiger partial charge in [-0.05, 0) is 68.0 Å². The van der Waals surface area contributed by atoms with Crippen LogP contribution in [-0.4, -0.2) is 67.4 Å². The summed E-state index contributed by atoms with van der Waals surface area (Å²) in [5, 5.41) is 2.56. The fourth-order valence-electron chi connectivity index (χ4n) is 6.10. The van der Waals surface area contributed by atoms with E-state index in [-0.39, 0.29) is 81.7 Å². The average molecular weight is 648 g/mol. The Hall–Kier alpha value is -2.35. The zero-order valence-electron chi connectivity index (χ0n) is 26.8. The second-order valence-electron chi connectivity index (χ2n) is 12.5. The molecule has 1 saturated heterocycles. The van der Waals surface area contributed by atoms with E-state index >= 15 is 0 Å². The van der Waals surface area contributed by atoms with Crippen LogP contribution in [0.3, 0.4) is 0 Å². The Morgan fingerprint density at radius 2 is 1.47 bits per heavy atom. The Labute approximate surface area is 305 Å². The fourth-order valence-corrected chi connectivity index (χ4v) is 6.10. The molecule has 45 heavy (non-hydrogen) atoms. The van der Waals surface area contributed by atoms with Gasteiger partial charge in [-0.2, -0.15) is 0 Å². The zero-order valence-corrected chi connectivity index (χ0v) is 29.9. The van der Waals surface area contributed by atoms with Crippen LogP contribution >= 0.6 is 0 Å². The maximum absolute atomic E-state index is 14.1. The van der Waals surface area contributed by atoms with E-state index in [0.29, 0.717) is 37.3 Å². The van der Waals surface area contributed by atoms with Crippen LogP contribution in [0.4, 0.5) is 28.2 Å². The van der Waals surface area contributed by atoms with Crippen molar-refractivity contribution in [2.24, 2.45) is 0 Å². The molecule has 7 nitrogen and oxygen atoms in total. The Bertz CT molecular complexity index is 1520. The van der Waals surface area contributed by atoms with Gasteiger partial charge in [-0.1, -0.05) is 60.2 Å². The van der Waals surface area contributed by atoms with Crippen LogP contribution in [-0.2, 0) is 16.0 Å². The number of carbonyl (C=O) groups excluding carboxylic acids is 2. The molecule has 0 radical (unpaired) electrons. The quantitative estimate of drug-likeness (QED) is 0.413. The number of amides is 2. The van der Waals surface area contributed by atoms with E-state index in [0.717, 1.165) is 22.3 Å². The van der Waals surface area contributed by atoms with E-state index < -0.39 is 30.2 Å². The molecule has 1 N–H and O–H groups in total. The van der Waals surface area contributed by atoms with Crippen molar-refractivity contribution in [1.29, 1.82) is 0 Å². The third-order valence-corrected chi connectivity index (χ3v) is 8.33. The van der Waals surface area contributed by atoms with E-state index in [2.05, 4.69) is 29.6 Å². The van der Waals surface area contributed by atoms with Crippen LogP contribution in [0.25, 0.3) is 11.1 Å². The molecule has 0 bridgehead atoms. The van der Waals surface area contributed by atoms with Crippen LogP contribution in [0.1, 0.15) is 54.5 Å². The molecule has 0 aromatic heterocycles. The Balaban J connectivity index is 0.00000461. The molecular weight excluding hydrogens is 609 g/mol. The van der Waals surface area contributed by atoms with Gasteiger partial charge >= 0.3 is 70.5 Å². The van der Waals surface area contributed by atoms with E-state index in [1.54, 1.807) is 32.6 Å². The SMILES string of the molecule is Cc1c(CN2CCN(C(=O)OCC3c4ccccc4-c4ccccc43)CC2)cc([B-](F)(F)F)c(C)c1NC(=O)OC(C)(C)C.[K+]. The molecule has 1 heterocycles. The molecule has 234 valence electrons. The van der Waals surface area contributed by atoms with Crippen LogP contribution in [0, 0.1) is 13.8 Å². The van der Waals surface area contributed by atoms with E-state index in [9.17, 15) is 22.5 Å². The van der Waals surface area contributed by atoms with Gasteiger partial charge in [0.05, 0.1) is 0 Å². The molecule has 1 aliphatic heterocycles. The molecule has 12 heteroatoms. The number of hydrogen-bond acceptors (Lipinski definition) is 5.